The van der Waals surface area contributed by atoms with Crippen LogP contribution in [-0.4, -0.2) is 60.3 Å². The van der Waals surface area contributed by atoms with Crippen molar-refractivity contribution in [1.29, 1.82) is 0 Å². The summed E-state index contributed by atoms with van der Waals surface area (Å²) in [5.74, 6) is -0.857. The zero-order valence-corrected chi connectivity index (χ0v) is 18.3. The van der Waals surface area contributed by atoms with E-state index in [2.05, 4.69) is 9.97 Å². The molecule has 2 aliphatic rings. The van der Waals surface area contributed by atoms with Crippen LogP contribution in [0, 0.1) is 11.7 Å². The average Bonchev–Trinajstić information content (AvgIpc) is 2.78. The quantitative estimate of drug-likeness (QED) is 0.621. The van der Waals surface area contributed by atoms with Gasteiger partial charge in [-0.05, 0) is 30.5 Å². The molecule has 1 aromatic heterocycles. The predicted octanol–water partition coefficient (Wildman–Crippen LogP) is 2.85. The summed E-state index contributed by atoms with van der Waals surface area (Å²) in [5.41, 5.74) is -0.430. The van der Waals surface area contributed by atoms with Gasteiger partial charge in [0.05, 0.1) is 29.9 Å². The monoisotopic (exact) mass is 486 g/mol. The van der Waals surface area contributed by atoms with E-state index in [1.54, 1.807) is 21.9 Å². The van der Waals surface area contributed by atoms with Crippen molar-refractivity contribution >= 4 is 21.6 Å². The Hall–Kier alpha value is -2.76. The third-order valence-electron chi connectivity index (χ3n) is 6.07. The molecule has 1 atom stereocenters. The van der Waals surface area contributed by atoms with Crippen LogP contribution in [0.3, 0.4) is 0 Å². The average molecular weight is 486 g/mol. The summed E-state index contributed by atoms with van der Waals surface area (Å²) in [6.07, 6.45) is -2.37. The number of hydrogen-bond donors (Lipinski definition) is 0. The first-order chi connectivity index (χ1) is 15.5. The molecule has 0 spiro atoms. The second-order valence-corrected chi connectivity index (χ2v) is 10.5. The SMILES string of the molecule is O=C(C1CCS(=O)(=O)CC1)N1CCN(c2cnc(C(F)(F)F)cn2)C[C@@H]1c1ccc(F)cc1. The molecule has 0 saturated carbocycles. The number of piperazine rings is 1. The molecule has 0 bridgehead atoms. The van der Waals surface area contributed by atoms with Crippen LogP contribution in [-0.2, 0) is 20.8 Å². The van der Waals surface area contributed by atoms with E-state index < -0.39 is 39.5 Å². The van der Waals surface area contributed by atoms with E-state index in [0.29, 0.717) is 18.3 Å². The topological polar surface area (TPSA) is 83.5 Å². The Morgan fingerprint density at radius 3 is 2.24 bits per heavy atom. The molecule has 178 valence electrons. The second kappa shape index (κ2) is 8.88. The highest BCUT2D eigenvalue weighted by Crippen LogP contribution is 2.32. The van der Waals surface area contributed by atoms with Crippen LogP contribution in [0.1, 0.15) is 30.1 Å². The minimum absolute atomic E-state index is 0.0360. The van der Waals surface area contributed by atoms with Gasteiger partial charge < -0.3 is 9.80 Å². The van der Waals surface area contributed by atoms with Gasteiger partial charge in [0.2, 0.25) is 5.91 Å². The molecule has 0 unspecified atom stereocenters. The summed E-state index contributed by atoms with van der Waals surface area (Å²) in [5, 5.41) is 0. The summed E-state index contributed by atoms with van der Waals surface area (Å²) in [6.45, 7) is 0.795. The standard InChI is InChI=1S/C21H22F4N4O3S/c22-16-3-1-14(2-4-16)17-13-28(19-12-26-18(11-27-19)21(23,24)25)7-8-29(17)20(30)15-5-9-33(31,32)10-6-15/h1-4,11-12,15,17H,5-10,13H2/t17-/m1/s1. The maximum atomic E-state index is 13.5. The Labute approximate surface area is 188 Å². The van der Waals surface area contributed by atoms with Gasteiger partial charge in [-0.3, -0.25) is 4.79 Å². The highest BCUT2D eigenvalue weighted by molar-refractivity contribution is 7.91. The van der Waals surface area contributed by atoms with E-state index in [1.165, 1.54) is 12.1 Å². The number of alkyl halides is 3. The summed E-state index contributed by atoms with van der Waals surface area (Å²) >= 11 is 0. The Morgan fingerprint density at radius 2 is 1.67 bits per heavy atom. The van der Waals surface area contributed by atoms with E-state index in [4.69, 9.17) is 0 Å². The molecule has 0 N–H and O–H groups in total. The van der Waals surface area contributed by atoms with Crippen molar-refractivity contribution in [1.82, 2.24) is 14.9 Å². The van der Waals surface area contributed by atoms with Crippen LogP contribution in [0.25, 0.3) is 0 Å². The highest BCUT2D eigenvalue weighted by Gasteiger charge is 2.38. The molecule has 12 heteroatoms. The third-order valence-corrected chi connectivity index (χ3v) is 7.79. The molecule has 7 nitrogen and oxygen atoms in total. The molecular formula is C21H22F4N4O3S. The molecule has 2 aliphatic heterocycles. The van der Waals surface area contributed by atoms with Gasteiger partial charge in [0.15, 0.2) is 5.69 Å². The van der Waals surface area contributed by atoms with Crippen molar-refractivity contribution in [3.05, 3.63) is 53.7 Å². The molecule has 2 aromatic rings. The number of carbonyl (C=O) groups excluding carboxylic acids is 1. The van der Waals surface area contributed by atoms with Gasteiger partial charge >= 0.3 is 6.18 Å². The summed E-state index contributed by atoms with van der Waals surface area (Å²) in [6, 6.07) is 5.18. The number of hydrogen-bond acceptors (Lipinski definition) is 6. The Morgan fingerprint density at radius 1 is 1.00 bits per heavy atom. The lowest BCUT2D eigenvalue weighted by Gasteiger charge is -2.43. The van der Waals surface area contributed by atoms with Crippen LogP contribution in [0.15, 0.2) is 36.7 Å². The van der Waals surface area contributed by atoms with E-state index in [-0.39, 0.29) is 49.2 Å². The minimum atomic E-state index is -4.60. The molecule has 1 aromatic carbocycles. The van der Waals surface area contributed by atoms with Gasteiger partial charge in [0.25, 0.3) is 0 Å². The van der Waals surface area contributed by atoms with Gasteiger partial charge in [-0.1, -0.05) is 12.1 Å². The van der Waals surface area contributed by atoms with Crippen LogP contribution in [0.2, 0.25) is 0 Å². The largest absolute Gasteiger partial charge is 0.434 e. The molecule has 33 heavy (non-hydrogen) atoms. The molecule has 3 heterocycles. The number of halogens is 4. The van der Waals surface area contributed by atoms with E-state index in [9.17, 15) is 30.8 Å². The lowest BCUT2D eigenvalue weighted by atomic mass is 9.96. The predicted molar refractivity (Wildman–Crippen MR) is 111 cm³/mol. The van der Waals surface area contributed by atoms with Crippen LogP contribution >= 0.6 is 0 Å². The number of nitrogens with zero attached hydrogens (tertiary/aromatic N) is 4. The Bertz CT molecular complexity index is 1090. The number of aromatic nitrogens is 2. The van der Waals surface area contributed by atoms with Gasteiger partial charge in [-0.2, -0.15) is 13.2 Å². The van der Waals surface area contributed by atoms with Crippen molar-refractivity contribution in [2.24, 2.45) is 5.92 Å². The first-order valence-electron chi connectivity index (χ1n) is 10.4. The van der Waals surface area contributed by atoms with Gasteiger partial charge in [-0.15, -0.1) is 0 Å². The van der Waals surface area contributed by atoms with Crippen LogP contribution in [0.5, 0.6) is 0 Å². The van der Waals surface area contributed by atoms with Crippen LogP contribution < -0.4 is 4.90 Å². The summed E-state index contributed by atoms with van der Waals surface area (Å²) in [7, 11) is -3.13. The zero-order chi connectivity index (χ0) is 23.8. The van der Waals surface area contributed by atoms with Gasteiger partial charge in [-0.25, -0.2) is 22.8 Å². The molecule has 0 radical (unpaired) electrons. The van der Waals surface area contributed by atoms with Crippen molar-refractivity contribution < 1.29 is 30.8 Å². The summed E-state index contributed by atoms with van der Waals surface area (Å²) in [4.78, 5) is 24.0. The highest BCUT2D eigenvalue weighted by atomic mass is 32.2. The normalized spacial score (nSPS) is 21.8. The molecule has 2 saturated heterocycles. The second-order valence-electron chi connectivity index (χ2n) is 8.23. The lowest BCUT2D eigenvalue weighted by molar-refractivity contribution is -0.141. The third kappa shape index (κ3) is 5.26. The maximum absolute atomic E-state index is 13.5. The summed E-state index contributed by atoms with van der Waals surface area (Å²) < 4.78 is 75.4. The van der Waals surface area contributed by atoms with Crippen molar-refractivity contribution in [2.45, 2.75) is 25.1 Å². The van der Waals surface area contributed by atoms with Crippen molar-refractivity contribution in [3.63, 3.8) is 0 Å². The zero-order valence-electron chi connectivity index (χ0n) is 17.5. The van der Waals surface area contributed by atoms with E-state index in [0.717, 1.165) is 6.20 Å². The van der Waals surface area contributed by atoms with E-state index in [1.807, 2.05) is 0 Å². The number of rotatable bonds is 3. The lowest BCUT2D eigenvalue weighted by Crippen LogP contribution is -2.53. The number of amides is 1. The van der Waals surface area contributed by atoms with Gasteiger partial charge in [0, 0.05) is 25.6 Å². The first kappa shape index (κ1) is 23.4. The fourth-order valence-corrected chi connectivity index (χ4v) is 5.72. The molecule has 2 fully saturated rings. The van der Waals surface area contributed by atoms with Gasteiger partial charge in [0.1, 0.15) is 21.5 Å². The fourth-order valence-electron chi connectivity index (χ4n) is 4.23. The van der Waals surface area contributed by atoms with E-state index >= 15 is 0 Å². The maximum Gasteiger partial charge on any atom is 0.434 e. The van der Waals surface area contributed by atoms with Crippen molar-refractivity contribution in [2.75, 3.05) is 36.0 Å². The number of anilines is 1. The Kier molecular flexibility index (Phi) is 6.30. The number of sulfone groups is 1. The molecule has 4 rings (SSSR count). The minimum Gasteiger partial charge on any atom is -0.351 e. The van der Waals surface area contributed by atoms with Crippen LogP contribution in [0.4, 0.5) is 23.4 Å². The molecular weight excluding hydrogens is 464 g/mol. The fraction of sp³-hybridized carbons (Fsp3) is 0.476. The first-order valence-corrected chi connectivity index (χ1v) is 12.3. The number of carbonyl (C=O) groups is 1. The molecule has 0 aliphatic carbocycles. The smallest absolute Gasteiger partial charge is 0.351 e. The number of benzene rings is 1. The molecule has 1 amide bonds. The van der Waals surface area contributed by atoms with Crippen molar-refractivity contribution in [3.8, 4) is 0 Å². The Balaban J connectivity index is 1.57.